The van der Waals surface area contributed by atoms with Crippen LogP contribution >= 0.6 is 0 Å². The maximum atomic E-state index is 3.84. The van der Waals surface area contributed by atoms with E-state index in [0.29, 0.717) is 12.1 Å². The highest BCUT2D eigenvalue weighted by Crippen LogP contribution is 2.43. The molecule has 3 rings (SSSR count). The van der Waals surface area contributed by atoms with E-state index in [0.717, 1.165) is 11.8 Å². The summed E-state index contributed by atoms with van der Waals surface area (Å²) in [5.74, 6) is 1.76. The van der Waals surface area contributed by atoms with Gasteiger partial charge in [-0.05, 0) is 36.7 Å². The van der Waals surface area contributed by atoms with Crippen LogP contribution in [0.1, 0.15) is 37.8 Å². The smallest absolute Gasteiger partial charge is 0.0320 e. The van der Waals surface area contributed by atoms with Crippen LogP contribution in [0.5, 0.6) is 0 Å². The van der Waals surface area contributed by atoms with E-state index in [9.17, 15) is 0 Å². The number of hydrogen-bond donors (Lipinski definition) is 1. The van der Waals surface area contributed by atoms with Crippen molar-refractivity contribution in [2.75, 3.05) is 0 Å². The monoisotopic (exact) mass is 227 g/mol. The first kappa shape index (κ1) is 11.0. The van der Waals surface area contributed by atoms with Gasteiger partial charge < -0.3 is 5.32 Å². The molecule has 4 unspecified atom stereocenters. The van der Waals surface area contributed by atoms with E-state index >= 15 is 0 Å². The summed E-state index contributed by atoms with van der Waals surface area (Å²) in [6.45, 7) is 2.27. The first-order chi connectivity index (χ1) is 8.38. The van der Waals surface area contributed by atoms with E-state index in [1.165, 1.54) is 24.8 Å². The fourth-order valence-corrected chi connectivity index (χ4v) is 3.30. The minimum Gasteiger partial charge on any atom is -0.307 e. The molecular formula is C16H21N. The third-order valence-electron chi connectivity index (χ3n) is 4.39. The number of allylic oxidation sites excluding steroid dienone is 1. The summed E-state index contributed by atoms with van der Waals surface area (Å²) in [5.41, 5.74) is 1.43. The Kier molecular flexibility index (Phi) is 3.02. The highest BCUT2D eigenvalue weighted by Gasteiger charge is 2.41. The second-order valence-corrected chi connectivity index (χ2v) is 5.38. The molecule has 0 spiro atoms. The summed E-state index contributed by atoms with van der Waals surface area (Å²) in [4.78, 5) is 0. The van der Waals surface area contributed by atoms with Crippen LogP contribution < -0.4 is 5.32 Å². The molecule has 4 atom stereocenters. The molecule has 1 aromatic rings. The standard InChI is InChI=1S/C16H21N/c1-2-15(12-7-4-3-5-8-12)17-16-11-13-9-6-10-14(13)16/h3-8,10,13-17H,2,9,11H2,1H3. The molecule has 0 radical (unpaired) electrons. The molecule has 1 saturated carbocycles. The van der Waals surface area contributed by atoms with E-state index in [1.807, 2.05) is 0 Å². The first-order valence-corrected chi connectivity index (χ1v) is 6.86. The Morgan fingerprint density at radius 1 is 1.29 bits per heavy atom. The van der Waals surface area contributed by atoms with Crippen molar-refractivity contribution in [3.8, 4) is 0 Å². The van der Waals surface area contributed by atoms with E-state index < -0.39 is 0 Å². The van der Waals surface area contributed by atoms with Crippen molar-refractivity contribution < 1.29 is 0 Å². The summed E-state index contributed by atoms with van der Waals surface area (Å²) in [7, 11) is 0. The second kappa shape index (κ2) is 4.66. The fourth-order valence-electron chi connectivity index (χ4n) is 3.30. The van der Waals surface area contributed by atoms with E-state index in [-0.39, 0.29) is 0 Å². The largest absolute Gasteiger partial charge is 0.307 e. The molecule has 17 heavy (non-hydrogen) atoms. The molecule has 1 nitrogen and oxygen atoms in total. The molecule has 0 heterocycles. The van der Waals surface area contributed by atoms with Gasteiger partial charge in [-0.2, -0.15) is 0 Å². The lowest BCUT2D eigenvalue weighted by Gasteiger charge is -2.42. The summed E-state index contributed by atoms with van der Waals surface area (Å²) in [6.07, 6.45) is 8.62. The van der Waals surface area contributed by atoms with Crippen LogP contribution in [0.25, 0.3) is 0 Å². The Morgan fingerprint density at radius 3 is 2.82 bits per heavy atom. The lowest BCUT2D eigenvalue weighted by molar-refractivity contribution is 0.149. The van der Waals surface area contributed by atoms with E-state index in [2.05, 4.69) is 54.7 Å². The summed E-state index contributed by atoms with van der Waals surface area (Å²) in [5, 5.41) is 3.84. The van der Waals surface area contributed by atoms with Gasteiger partial charge in [0.2, 0.25) is 0 Å². The number of fused-ring (bicyclic) bond motifs is 1. The van der Waals surface area contributed by atoms with Crippen LogP contribution in [0.4, 0.5) is 0 Å². The van der Waals surface area contributed by atoms with Crippen LogP contribution in [-0.4, -0.2) is 6.04 Å². The predicted octanol–water partition coefficient (Wildman–Crippen LogP) is 3.69. The van der Waals surface area contributed by atoms with Crippen LogP contribution in [-0.2, 0) is 0 Å². The Labute approximate surface area is 104 Å². The molecular weight excluding hydrogens is 206 g/mol. The molecule has 0 amide bonds. The molecule has 0 saturated heterocycles. The quantitative estimate of drug-likeness (QED) is 0.773. The molecule has 2 aliphatic rings. The van der Waals surface area contributed by atoms with Gasteiger partial charge in [0.15, 0.2) is 0 Å². The minimum atomic E-state index is 0.524. The third-order valence-corrected chi connectivity index (χ3v) is 4.39. The Hall–Kier alpha value is -1.08. The van der Waals surface area contributed by atoms with Gasteiger partial charge in [0.1, 0.15) is 0 Å². The summed E-state index contributed by atoms with van der Waals surface area (Å²) < 4.78 is 0. The molecule has 90 valence electrons. The predicted molar refractivity (Wildman–Crippen MR) is 71.8 cm³/mol. The number of rotatable bonds is 4. The zero-order valence-corrected chi connectivity index (χ0v) is 10.5. The number of hydrogen-bond acceptors (Lipinski definition) is 1. The fraction of sp³-hybridized carbons (Fsp3) is 0.500. The molecule has 0 bridgehead atoms. The van der Waals surface area contributed by atoms with Crippen molar-refractivity contribution >= 4 is 0 Å². The molecule has 1 N–H and O–H groups in total. The van der Waals surface area contributed by atoms with Gasteiger partial charge in [0, 0.05) is 12.1 Å². The van der Waals surface area contributed by atoms with Crippen molar-refractivity contribution in [1.29, 1.82) is 0 Å². The highest BCUT2D eigenvalue weighted by atomic mass is 15.0. The van der Waals surface area contributed by atoms with Crippen LogP contribution in [0.3, 0.4) is 0 Å². The van der Waals surface area contributed by atoms with Crippen LogP contribution in [0.15, 0.2) is 42.5 Å². The summed E-state index contributed by atoms with van der Waals surface area (Å²) in [6, 6.07) is 12.1. The van der Waals surface area contributed by atoms with Crippen molar-refractivity contribution in [3.05, 3.63) is 48.0 Å². The van der Waals surface area contributed by atoms with Crippen LogP contribution in [0, 0.1) is 11.8 Å². The molecule has 0 aromatic heterocycles. The number of benzene rings is 1. The zero-order valence-electron chi connectivity index (χ0n) is 10.5. The SMILES string of the molecule is CCC(NC1CC2CC=CC21)c1ccccc1. The average Bonchev–Trinajstić information content (AvgIpc) is 2.73. The van der Waals surface area contributed by atoms with Crippen molar-refractivity contribution in [3.63, 3.8) is 0 Å². The molecule has 2 aliphatic carbocycles. The van der Waals surface area contributed by atoms with Gasteiger partial charge in [-0.3, -0.25) is 0 Å². The minimum absolute atomic E-state index is 0.524. The van der Waals surface area contributed by atoms with Gasteiger partial charge in [0.25, 0.3) is 0 Å². The van der Waals surface area contributed by atoms with Gasteiger partial charge >= 0.3 is 0 Å². The van der Waals surface area contributed by atoms with Gasteiger partial charge in [-0.25, -0.2) is 0 Å². The second-order valence-electron chi connectivity index (χ2n) is 5.38. The molecule has 0 aliphatic heterocycles. The van der Waals surface area contributed by atoms with Gasteiger partial charge in [-0.15, -0.1) is 0 Å². The zero-order chi connectivity index (χ0) is 11.7. The highest BCUT2D eigenvalue weighted by molar-refractivity contribution is 5.20. The normalized spacial score (nSPS) is 31.9. The Balaban J connectivity index is 1.65. The molecule has 1 heteroatoms. The van der Waals surface area contributed by atoms with Crippen molar-refractivity contribution in [2.24, 2.45) is 11.8 Å². The van der Waals surface area contributed by atoms with Crippen LogP contribution in [0.2, 0.25) is 0 Å². The van der Waals surface area contributed by atoms with E-state index in [4.69, 9.17) is 0 Å². The molecule has 1 fully saturated rings. The Bertz CT molecular complexity index is 395. The lowest BCUT2D eigenvalue weighted by Crippen LogP contribution is -2.49. The first-order valence-electron chi connectivity index (χ1n) is 6.86. The maximum absolute atomic E-state index is 3.84. The summed E-state index contributed by atoms with van der Waals surface area (Å²) >= 11 is 0. The topological polar surface area (TPSA) is 12.0 Å². The van der Waals surface area contributed by atoms with Gasteiger partial charge in [0.05, 0.1) is 0 Å². The molecule has 1 aromatic carbocycles. The van der Waals surface area contributed by atoms with Crippen molar-refractivity contribution in [1.82, 2.24) is 5.32 Å². The Morgan fingerprint density at radius 2 is 2.12 bits per heavy atom. The van der Waals surface area contributed by atoms with Gasteiger partial charge in [-0.1, -0.05) is 49.4 Å². The maximum Gasteiger partial charge on any atom is 0.0320 e. The lowest BCUT2D eigenvalue weighted by atomic mass is 9.71. The third kappa shape index (κ3) is 2.04. The van der Waals surface area contributed by atoms with Crippen molar-refractivity contribution in [2.45, 2.75) is 38.3 Å². The van der Waals surface area contributed by atoms with E-state index in [1.54, 1.807) is 0 Å². The number of nitrogens with one attached hydrogen (secondary N) is 1. The average molecular weight is 227 g/mol.